The van der Waals surface area contributed by atoms with Gasteiger partial charge >= 0.3 is 0 Å². The zero-order valence-corrected chi connectivity index (χ0v) is 22.9. The number of fused-ring (bicyclic) bond motifs is 6. The molecule has 1 aliphatic carbocycles. The predicted molar refractivity (Wildman–Crippen MR) is 160 cm³/mol. The number of nitrogens with one attached hydrogen (secondary N) is 1. The van der Waals surface area contributed by atoms with E-state index in [2.05, 4.69) is 22.3 Å². The van der Waals surface area contributed by atoms with Crippen molar-refractivity contribution in [2.75, 3.05) is 16.8 Å². The van der Waals surface area contributed by atoms with Crippen molar-refractivity contribution in [2.45, 2.75) is 37.9 Å². The van der Waals surface area contributed by atoms with Crippen molar-refractivity contribution < 1.29 is 9.59 Å². The molecule has 3 atom stereocenters. The number of amides is 2. The van der Waals surface area contributed by atoms with Gasteiger partial charge in [0, 0.05) is 42.1 Å². The maximum Gasteiger partial charge on any atom is 0.259 e. The quantitative estimate of drug-likeness (QED) is 0.292. The fraction of sp³-hybridized carbons (Fsp3) is 0.235. The molecule has 0 spiro atoms. The molecule has 5 nitrogen and oxygen atoms in total. The van der Waals surface area contributed by atoms with E-state index in [1.54, 1.807) is 18.2 Å². The number of para-hydroxylation sites is 1. The van der Waals surface area contributed by atoms with E-state index in [0.29, 0.717) is 46.4 Å². The Balaban J connectivity index is 1.15. The van der Waals surface area contributed by atoms with Gasteiger partial charge in [-0.1, -0.05) is 78.3 Å². The third-order valence-corrected chi connectivity index (χ3v) is 9.16. The van der Waals surface area contributed by atoms with Crippen LogP contribution in [0.3, 0.4) is 0 Å². The number of carbonyl (C=O) groups is 2. The third-order valence-electron chi connectivity index (χ3n) is 8.85. The van der Waals surface area contributed by atoms with Gasteiger partial charge in [-0.25, -0.2) is 0 Å². The average Bonchev–Trinajstić information content (AvgIpc) is 3.54. The van der Waals surface area contributed by atoms with Crippen molar-refractivity contribution >= 4 is 34.8 Å². The molecule has 4 aromatic carbocycles. The lowest BCUT2D eigenvalue weighted by molar-refractivity contribution is 0.0961. The number of piperidine rings is 1. The molecule has 0 aromatic heterocycles. The zero-order valence-electron chi connectivity index (χ0n) is 22.1. The molecule has 2 aliphatic heterocycles. The molecule has 40 heavy (non-hydrogen) atoms. The summed E-state index contributed by atoms with van der Waals surface area (Å²) >= 11 is 6.73. The monoisotopic (exact) mass is 547 g/mol. The van der Waals surface area contributed by atoms with E-state index in [1.807, 2.05) is 71.6 Å². The van der Waals surface area contributed by atoms with Crippen LogP contribution in [0.5, 0.6) is 0 Å². The molecule has 2 heterocycles. The smallest absolute Gasteiger partial charge is 0.259 e. The van der Waals surface area contributed by atoms with Crippen LogP contribution in [-0.4, -0.2) is 35.3 Å². The van der Waals surface area contributed by atoms with Crippen LogP contribution < -0.4 is 10.2 Å². The highest BCUT2D eigenvalue weighted by Crippen LogP contribution is 2.46. The van der Waals surface area contributed by atoms with Gasteiger partial charge in [-0.2, -0.15) is 0 Å². The summed E-state index contributed by atoms with van der Waals surface area (Å²) in [6, 6.07) is 31.8. The van der Waals surface area contributed by atoms with Crippen molar-refractivity contribution in [1.82, 2.24) is 4.90 Å². The summed E-state index contributed by atoms with van der Waals surface area (Å²) in [6.07, 6.45) is 3.73. The molecule has 1 saturated heterocycles. The molecular weight excluding hydrogens is 518 g/mol. The van der Waals surface area contributed by atoms with Gasteiger partial charge in [-0.15, -0.1) is 0 Å². The number of hydrogen-bond donors (Lipinski definition) is 1. The number of carbonyl (C=O) groups excluding carboxylic acids is 2. The molecule has 2 bridgehead atoms. The van der Waals surface area contributed by atoms with Crippen molar-refractivity contribution in [2.24, 2.45) is 5.92 Å². The van der Waals surface area contributed by atoms with Crippen LogP contribution in [0.1, 0.15) is 45.5 Å². The van der Waals surface area contributed by atoms with Crippen LogP contribution in [0, 0.1) is 5.92 Å². The summed E-state index contributed by atoms with van der Waals surface area (Å²) in [5, 5.41) is 3.30. The Kier molecular flexibility index (Phi) is 6.41. The molecule has 3 aliphatic rings. The number of halogens is 1. The van der Waals surface area contributed by atoms with Crippen molar-refractivity contribution in [1.29, 1.82) is 0 Å². The van der Waals surface area contributed by atoms with E-state index in [0.717, 1.165) is 23.4 Å². The molecule has 2 fully saturated rings. The fourth-order valence-corrected chi connectivity index (χ4v) is 7.19. The van der Waals surface area contributed by atoms with Crippen LogP contribution in [0.2, 0.25) is 5.02 Å². The van der Waals surface area contributed by atoms with Crippen molar-refractivity contribution in [3.63, 3.8) is 0 Å². The van der Waals surface area contributed by atoms with E-state index in [4.69, 9.17) is 11.6 Å². The van der Waals surface area contributed by atoms with Gasteiger partial charge in [0.1, 0.15) is 0 Å². The van der Waals surface area contributed by atoms with Crippen LogP contribution in [0.25, 0.3) is 11.1 Å². The standard InChI is InChI=1S/C34H30ClN3O2/c35-30-19-25(36-33(39)28-12-6-5-11-27(28)22-8-2-1-3-9-22)15-17-29(30)34(40)38-21-32-23-14-16-26(18-23)37(32)20-24-10-4-7-13-31(24)38/h1-13,15,17,19,23,26,32H,14,16,18,20-21H2,(H,36,39)/t23?,26?,32-/m0/s1. The van der Waals surface area contributed by atoms with E-state index in [-0.39, 0.29) is 11.8 Å². The lowest BCUT2D eigenvalue weighted by Crippen LogP contribution is -2.46. The normalized spacial score (nSPS) is 21.4. The highest BCUT2D eigenvalue weighted by atomic mass is 35.5. The minimum absolute atomic E-state index is 0.102. The Morgan fingerprint density at radius 2 is 1.60 bits per heavy atom. The van der Waals surface area contributed by atoms with Gasteiger partial charge in [-0.05, 0) is 72.2 Å². The number of benzene rings is 4. The van der Waals surface area contributed by atoms with Crippen LogP contribution in [0.4, 0.5) is 11.4 Å². The summed E-state index contributed by atoms with van der Waals surface area (Å²) in [6.45, 7) is 1.55. The number of hydrogen-bond acceptors (Lipinski definition) is 3. The molecule has 2 amide bonds. The predicted octanol–water partition coefficient (Wildman–Crippen LogP) is 7.27. The van der Waals surface area contributed by atoms with Gasteiger partial charge in [0.15, 0.2) is 0 Å². The van der Waals surface area contributed by atoms with Gasteiger partial charge < -0.3 is 10.2 Å². The second-order valence-corrected chi connectivity index (χ2v) is 11.5. The third kappa shape index (κ3) is 4.40. The molecule has 200 valence electrons. The van der Waals surface area contributed by atoms with Crippen LogP contribution in [-0.2, 0) is 6.54 Å². The van der Waals surface area contributed by atoms with E-state index in [9.17, 15) is 9.59 Å². The van der Waals surface area contributed by atoms with Gasteiger partial charge in [0.2, 0.25) is 0 Å². The highest BCUT2D eigenvalue weighted by molar-refractivity contribution is 6.35. The fourth-order valence-electron chi connectivity index (χ4n) is 6.93. The first-order valence-electron chi connectivity index (χ1n) is 14.0. The van der Waals surface area contributed by atoms with Crippen molar-refractivity contribution in [3.05, 3.63) is 119 Å². The van der Waals surface area contributed by atoms with Gasteiger partial charge in [0.05, 0.1) is 10.6 Å². The lowest BCUT2D eigenvalue weighted by Gasteiger charge is -2.35. The van der Waals surface area contributed by atoms with E-state index < -0.39 is 0 Å². The second-order valence-electron chi connectivity index (χ2n) is 11.1. The number of nitrogens with zero attached hydrogens (tertiary/aromatic N) is 2. The highest BCUT2D eigenvalue weighted by Gasteiger charge is 2.48. The second kappa shape index (κ2) is 10.2. The van der Waals surface area contributed by atoms with E-state index in [1.165, 1.54) is 24.8 Å². The SMILES string of the molecule is O=C(Nc1ccc(C(=O)N2C[C@H]3C4CCC(C4)N3Cc3ccccc32)c(Cl)c1)c1ccccc1-c1ccccc1. The Bertz CT molecular complexity index is 1600. The summed E-state index contributed by atoms with van der Waals surface area (Å²) in [7, 11) is 0. The molecule has 0 radical (unpaired) electrons. The topological polar surface area (TPSA) is 52.7 Å². The minimum atomic E-state index is -0.229. The molecular formula is C34H30ClN3O2. The molecule has 7 rings (SSSR count). The largest absolute Gasteiger partial charge is 0.322 e. The summed E-state index contributed by atoms with van der Waals surface area (Å²) in [4.78, 5) is 31.9. The lowest BCUT2D eigenvalue weighted by atomic mass is 9.98. The summed E-state index contributed by atoms with van der Waals surface area (Å²) in [5.41, 5.74) is 5.53. The molecule has 1 saturated carbocycles. The molecule has 1 N–H and O–H groups in total. The maximum absolute atomic E-state index is 14.0. The number of anilines is 2. The Morgan fingerprint density at radius 1 is 0.825 bits per heavy atom. The number of rotatable bonds is 4. The first-order chi connectivity index (χ1) is 19.6. The van der Waals surface area contributed by atoms with Gasteiger partial charge in [0.25, 0.3) is 11.8 Å². The summed E-state index contributed by atoms with van der Waals surface area (Å²) < 4.78 is 0. The zero-order chi connectivity index (χ0) is 27.2. The molecule has 4 aromatic rings. The molecule has 6 heteroatoms. The maximum atomic E-state index is 14.0. The van der Waals surface area contributed by atoms with Crippen LogP contribution >= 0.6 is 11.6 Å². The first kappa shape index (κ1) is 25.1. The van der Waals surface area contributed by atoms with Gasteiger partial charge in [-0.3, -0.25) is 14.5 Å². The Labute approximate surface area is 239 Å². The average molecular weight is 548 g/mol. The molecule has 2 unspecified atom stereocenters. The minimum Gasteiger partial charge on any atom is -0.322 e. The summed E-state index contributed by atoms with van der Waals surface area (Å²) in [5.74, 6) is 0.309. The van der Waals surface area contributed by atoms with Crippen LogP contribution in [0.15, 0.2) is 97.1 Å². The Hall–Kier alpha value is -3.93. The first-order valence-corrected chi connectivity index (χ1v) is 14.4. The van der Waals surface area contributed by atoms with E-state index >= 15 is 0 Å². The van der Waals surface area contributed by atoms with Crippen molar-refractivity contribution in [3.8, 4) is 11.1 Å². The Morgan fingerprint density at radius 3 is 2.45 bits per heavy atom.